The number of rotatable bonds is 3. The predicted molar refractivity (Wildman–Crippen MR) is 61.8 cm³/mol. The first-order valence-corrected chi connectivity index (χ1v) is 5.03. The molecule has 88 valence electrons. The maximum atomic E-state index is 11.3. The van der Waals surface area contributed by atoms with Crippen molar-refractivity contribution in [2.75, 3.05) is 5.32 Å². The zero-order chi connectivity index (χ0) is 13.0. The van der Waals surface area contributed by atoms with Crippen molar-refractivity contribution in [3.8, 4) is 6.07 Å². The van der Waals surface area contributed by atoms with E-state index in [-0.39, 0.29) is 16.9 Å². The number of nitrogens with one attached hydrogen (secondary N) is 1. The second-order valence-electron chi connectivity index (χ2n) is 3.20. The molecule has 1 atom stereocenters. The van der Waals surface area contributed by atoms with Crippen LogP contribution < -0.4 is 5.32 Å². The van der Waals surface area contributed by atoms with E-state index >= 15 is 0 Å². The standard InChI is InChI=1S/C10H8ClN3O3/c1-6(11)10(15)13-9-3-2-8(14(16)17)4-7(9)5-12/h2-4,6H,1H3,(H,13,15)/t6-/m0/s1. The van der Waals surface area contributed by atoms with Gasteiger partial charge in [-0.3, -0.25) is 14.9 Å². The van der Waals surface area contributed by atoms with Crippen molar-refractivity contribution in [1.82, 2.24) is 0 Å². The summed E-state index contributed by atoms with van der Waals surface area (Å²) in [6, 6.07) is 5.37. The van der Waals surface area contributed by atoms with Crippen molar-refractivity contribution in [2.45, 2.75) is 12.3 Å². The smallest absolute Gasteiger partial charge is 0.270 e. The number of nitro groups is 1. The Balaban J connectivity index is 3.06. The SMILES string of the molecule is C[C@H](Cl)C(=O)Nc1ccc([N+](=O)[O-])cc1C#N. The number of benzene rings is 1. The van der Waals surface area contributed by atoms with Crippen molar-refractivity contribution >= 4 is 28.9 Å². The van der Waals surface area contributed by atoms with Gasteiger partial charge in [0.25, 0.3) is 5.69 Å². The van der Waals surface area contributed by atoms with Gasteiger partial charge in [-0.25, -0.2) is 0 Å². The first kappa shape index (κ1) is 12.9. The second-order valence-corrected chi connectivity index (χ2v) is 3.86. The van der Waals surface area contributed by atoms with Gasteiger partial charge in [-0.1, -0.05) is 0 Å². The van der Waals surface area contributed by atoms with Crippen LogP contribution in [0.15, 0.2) is 18.2 Å². The van der Waals surface area contributed by atoms with Crippen LogP contribution in [-0.2, 0) is 4.79 Å². The molecule has 0 spiro atoms. The quantitative estimate of drug-likeness (QED) is 0.506. The van der Waals surface area contributed by atoms with Gasteiger partial charge in [-0.05, 0) is 13.0 Å². The van der Waals surface area contributed by atoms with Gasteiger partial charge in [-0.2, -0.15) is 5.26 Å². The van der Waals surface area contributed by atoms with Gasteiger partial charge in [0.2, 0.25) is 5.91 Å². The number of nitrogens with zero attached hydrogens (tertiary/aromatic N) is 2. The van der Waals surface area contributed by atoms with Crippen molar-refractivity contribution in [1.29, 1.82) is 5.26 Å². The molecule has 6 nitrogen and oxygen atoms in total. The summed E-state index contributed by atoms with van der Waals surface area (Å²) >= 11 is 5.55. The molecule has 1 N–H and O–H groups in total. The number of alkyl halides is 1. The molecular weight excluding hydrogens is 246 g/mol. The molecule has 1 aromatic rings. The third kappa shape index (κ3) is 3.16. The summed E-state index contributed by atoms with van der Waals surface area (Å²) in [5, 5.41) is 21.0. The summed E-state index contributed by atoms with van der Waals surface area (Å²) < 4.78 is 0. The molecule has 0 aliphatic rings. The van der Waals surface area contributed by atoms with Gasteiger partial charge in [0.15, 0.2) is 0 Å². The van der Waals surface area contributed by atoms with Gasteiger partial charge in [-0.15, -0.1) is 11.6 Å². The molecule has 1 amide bonds. The number of carbonyl (C=O) groups excluding carboxylic acids is 1. The number of nitriles is 1. The summed E-state index contributed by atoms with van der Waals surface area (Å²) in [6.07, 6.45) is 0. The molecule has 0 saturated heterocycles. The molecule has 0 bridgehead atoms. The van der Waals surface area contributed by atoms with Crippen LogP contribution in [0, 0.1) is 21.4 Å². The van der Waals surface area contributed by atoms with Crippen LogP contribution in [0.4, 0.5) is 11.4 Å². The Morgan fingerprint density at radius 3 is 2.76 bits per heavy atom. The van der Waals surface area contributed by atoms with E-state index in [1.807, 2.05) is 0 Å². The largest absolute Gasteiger partial charge is 0.324 e. The summed E-state index contributed by atoms with van der Waals surface area (Å²) in [4.78, 5) is 21.2. The van der Waals surface area contributed by atoms with E-state index in [2.05, 4.69) is 5.32 Å². The molecular formula is C10H8ClN3O3. The number of non-ortho nitro benzene ring substituents is 1. The number of nitro benzene ring substituents is 1. The molecule has 0 saturated carbocycles. The molecule has 7 heteroatoms. The van der Waals surface area contributed by atoms with Crippen molar-refractivity contribution in [2.24, 2.45) is 0 Å². The number of carbonyl (C=O) groups is 1. The lowest BCUT2D eigenvalue weighted by molar-refractivity contribution is -0.384. The molecule has 0 aliphatic carbocycles. The van der Waals surface area contributed by atoms with Crippen LogP contribution in [0.1, 0.15) is 12.5 Å². The van der Waals surface area contributed by atoms with E-state index in [0.717, 1.165) is 6.07 Å². The summed E-state index contributed by atoms with van der Waals surface area (Å²) in [5.41, 5.74) is 0.0129. The number of hydrogen-bond donors (Lipinski definition) is 1. The molecule has 1 rings (SSSR count). The lowest BCUT2D eigenvalue weighted by atomic mass is 10.1. The van der Waals surface area contributed by atoms with Crippen molar-refractivity contribution < 1.29 is 9.72 Å². The highest BCUT2D eigenvalue weighted by Gasteiger charge is 2.14. The van der Waals surface area contributed by atoms with Gasteiger partial charge in [0.05, 0.1) is 16.2 Å². The third-order valence-electron chi connectivity index (χ3n) is 1.95. The fourth-order valence-electron chi connectivity index (χ4n) is 1.08. The van der Waals surface area contributed by atoms with Crippen LogP contribution in [0.2, 0.25) is 0 Å². The minimum atomic E-state index is -0.753. The molecule has 0 unspecified atom stereocenters. The van der Waals surface area contributed by atoms with Crippen LogP contribution in [0.25, 0.3) is 0 Å². The fraction of sp³-hybridized carbons (Fsp3) is 0.200. The normalized spacial score (nSPS) is 11.4. The summed E-state index contributed by atoms with van der Waals surface area (Å²) in [7, 11) is 0. The molecule has 0 aromatic heterocycles. The summed E-state index contributed by atoms with van der Waals surface area (Å²) in [6.45, 7) is 1.48. The van der Waals surface area contributed by atoms with Gasteiger partial charge < -0.3 is 5.32 Å². The minimum absolute atomic E-state index is 0.0184. The number of anilines is 1. The number of halogens is 1. The van der Waals surface area contributed by atoms with E-state index in [1.165, 1.54) is 19.1 Å². The average Bonchev–Trinajstić information content (AvgIpc) is 2.28. The molecule has 0 heterocycles. The van der Waals surface area contributed by atoms with E-state index in [9.17, 15) is 14.9 Å². The van der Waals surface area contributed by atoms with Gasteiger partial charge >= 0.3 is 0 Å². The highest BCUT2D eigenvalue weighted by Crippen LogP contribution is 2.21. The second kappa shape index (κ2) is 5.27. The monoisotopic (exact) mass is 253 g/mol. The fourth-order valence-corrected chi connectivity index (χ4v) is 1.13. The Labute approximate surface area is 102 Å². The predicted octanol–water partition coefficient (Wildman–Crippen LogP) is 2.03. The first-order valence-electron chi connectivity index (χ1n) is 4.59. The van der Waals surface area contributed by atoms with Crippen LogP contribution >= 0.6 is 11.6 Å². The molecule has 1 aromatic carbocycles. The average molecular weight is 254 g/mol. The van der Waals surface area contributed by atoms with Crippen molar-refractivity contribution in [3.05, 3.63) is 33.9 Å². The highest BCUT2D eigenvalue weighted by molar-refractivity contribution is 6.32. The van der Waals surface area contributed by atoms with E-state index in [1.54, 1.807) is 6.07 Å². The Hall–Kier alpha value is -2.13. The first-order chi connectivity index (χ1) is 7.95. The maximum Gasteiger partial charge on any atom is 0.270 e. The van der Waals surface area contributed by atoms with Crippen LogP contribution in [0.3, 0.4) is 0 Å². The molecule has 0 aliphatic heterocycles. The zero-order valence-electron chi connectivity index (χ0n) is 8.81. The van der Waals surface area contributed by atoms with E-state index in [4.69, 9.17) is 16.9 Å². The van der Waals surface area contributed by atoms with E-state index in [0.29, 0.717) is 0 Å². The summed E-state index contributed by atoms with van der Waals surface area (Å²) in [5.74, 6) is -0.475. The molecule has 0 fully saturated rings. The molecule has 17 heavy (non-hydrogen) atoms. The minimum Gasteiger partial charge on any atom is -0.324 e. The Bertz CT molecular complexity index is 508. The number of hydrogen-bond acceptors (Lipinski definition) is 4. The highest BCUT2D eigenvalue weighted by atomic mass is 35.5. The Morgan fingerprint density at radius 2 is 2.29 bits per heavy atom. The van der Waals surface area contributed by atoms with Crippen LogP contribution in [-0.4, -0.2) is 16.2 Å². The lowest BCUT2D eigenvalue weighted by Gasteiger charge is -2.07. The van der Waals surface area contributed by atoms with Crippen LogP contribution in [0.5, 0.6) is 0 Å². The third-order valence-corrected chi connectivity index (χ3v) is 2.15. The molecule has 0 radical (unpaired) electrons. The Kier molecular flexibility index (Phi) is 4.01. The van der Waals surface area contributed by atoms with Gasteiger partial charge in [0.1, 0.15) is 11.4 Å². The Morgan fingerprint density at radius 1 is 1.65 bits per heavy atom. The van der Waals surface area contributed by atoms with Crippen molar-refractivity contribution in [3.63, 3.8) is 0 Å². The maximum absolute atomic E-state index is 11.3. The zero-order valence-corrected chi connectivity index (χ0v) is 9.56. The lowest BCUT2D eigenvalue weighted by Crippen LogP contribution is -2.20. The van der Waals surface area contributed by atoms with Gasteiger partial charge in [0, 0.05) is 12.1 Å². The number of amides is 1. The topological polar surface area (TPSA) is 96.0 Å². The van der Waals surface area contributed by atoms with E-state index < -0.39 is 16.2 Å².